The van der Waals surface area contributed by atoms with E-state index in [1.165, 1.54) is 11.0 Å². The van der Waals surface area contributed by atoms with Gasteiger partial charge in [-0.2, -0.15) is 0 Å². The summed E-state index contributed by atoms with van der Waals surface area (Å²) in [4.78, 5) is 23.9. The van der Waals surface area contributed by atoms with Crippen molar-refractivity contribution in [3.05, 3.63) is 11.6 Å². The van der Waals surface area contributed by atoms with Crippen molar-refractivity contribution in [3.8, 4) is 0 Å². The summed E-state index contributed by atoms with van der Waals surface area (Å²) in [6, 6.07) is 0. The summed E-state index contributed by atoms with van der Waals surface area (Å²) in [5.74, 6) is -0.542. The second-order valence-corrected chi connectivity index (χ2v) is 3.83. The van der Waals surface area contributed by atoms with Crippen molar-refractivity contribution in [1.82, 2.24) is 4.90 Å². The van der Waals surface area contributed by atoms with E-state index in [-0.39, 0.29) is 19.8 Å². The van der Waals surface area contributed by atoms with Crippen molar-refractivity contribution in [2.45, 2.75) is 26.4 Å². The average molecular weight is 259 g/mol. The van der Waals surface area contributed by atoms with Gasteiger partial charge in [0.25, 0.3) is 0 Å². The average Bonchev–Trinajstić information content (AvgIpc) is 2.32. The molecule has 18 heavy (non-hydrogen) atoms. The fraction of sp³-hybridized carbons (Fsp3) is 0.667. The number of rotatable bonds is 3. The molecule has 0 aromatic carbocycles. The highest BCUT2D eigenvalue weighted by Crippen LogP contribution is 2.20. The Morgan fingerprint density at radius 2 is 2.06 bits per heavy atom. The summed E-state index contributed by atoms with van der Waals surface area (Å²) < 4.78 is 23.3. The zero-order chi connectivity index (χ0) is 13.5. The van der Waals surface area contributed by atoms with E-state index >= 15 is 0 Å². The molecule has 0 N–H and O–H groups in total. The van der Waals surface area contributed by atoms with Crippen LogP contribution in [-0.4, -0.2) is 49.4 Å². The van der Waals surface area contributed by atoms with Gasteiger partial charge in [0, 0.05) is 12.6 Å². The second-order valence-electron chi connectivity index (χ2n) is 3.83. The lowest BCUT2D eigenvalue weighted by Crippen LogP contribution is -2.42. The Bertz CT molecular complexity index is 343. The van der Waals surface area contributed by atoms with Crippen LogP contribution < -0.4 is 0 Å². The molecule has 1 fully saturated rings. The van der Waals surface area contributed by atoms with Gasteiger partial charge in [-0.1, -0.05) is 0 Å². The van der Waals surface area contributed by atoms with Crippen LogP contribution in [0.1, 0.15) is 20.3 Å². The minimum absolute atomic E-state index is 0.0793. The zero-order valence-corrected chi connectivity index (χ0v) is 10.6. The topological polar surface area (TPSA) is 55.8 Å². The fourth-order valence-corrected chi connectivity index (χ4v) is 1.70. The number of alkyl halides is 1. The summed E-state index contributed by atoms with van der Waals surface area (Å²) >= 11 is 0. The molecule has 6 heteroatoms. The quantitative estimate of drug-likeness (QED) is 0.571. The number of ether oxygens (including phenoxy) is 2. The van der Waals surface area contributed by atoms with Gasteiger partial charge in [0.1, 0.15) is 6.17 Å². The Balaban J connectivity index is 2.56. The van der Waals surface area contributed by atoms with Crippen LogP contribution in [0.2, 0.25) is 0 Å². The van der Waals surface area contributed by atoms with Crippen LogP contribution in [0.15, 0.2) is 11.6 Å². The number of carbonyl (C=O) groups is 2. The summed E-state index contributed by atoms with van der Waals surface area (Å²) in [5.41, 5.74) is 0.369. The van der Waals surface area contributed by atoms with Crippen LogP contribution >= 0.6 is 0 Å². The van der Waals surface area contributed by atoms with Crippen molar-refractivity contribution < 1.29 is 23.5 Å². The van der Waals surface area contributed by atoms with Crippen molar-refractivity contribution in [3.63, 3.8) is 0 Å². The van der Waals surface area contributed by atoms with E-state index in [9.17, 15) is 14.0 Å². The van der Waals surface area contributed by atoms with Gasteiger partial charge in [0.2, 0.25) is 0 Å². The number of likely N-dealkylation sites (tertiary alicyclic amines) is 1. The Labute approximate surface area is 106 Å². The third-order valence-corrected chi connectivity index (χ3v) is 2.57. The second kappa shape index (κ2) is 6.98. The largest absolute Gasteiger partial charge is 0.463 e. The molecule has 5 nitrogen and oxygen atoms in total. The molecule has 0 radical (unpaired) electrons. The summed E-state index contributed by atoms with van der Waals surface area (Å²) in [7, 11) is 0. The van der Waals surface area contributed by atoms with Gasteiger partial charge in [-0.3, -0.25) is 0 Å². The number of hydrogen-bond donors (Lipinski definition) is 0. The molecule has 1 amide bonds. The fourth-order valence-electron chi connectivity index (χ4n) is 1.70. The van der Waals surface area contributed by atoms with Crippen LogP contribution in [-0.2, 0) is 14.3 Å². The van der Waals surface area contributed by atoms with Gasteiger partial charge in [0.15, 0.2) is 0 Å². The maximum atomic E-state index is 13.8. The Hall–Kier alpha value is -1.59. The smallest absolute Gasteiger partial charge is 0.409 e. The monoisotopic (exact) mass is 259 g/mol. The SMILES string of the molecule is CCOC(=O)/C=C1\CCN(C(=O)OCC)CC1F. The zero-order valence-electron chi connectivity index (χ0n) is 10.6. The van der Waals surface area contributed by atoms with Crippen LogP contribution in [0.3, 0.4) is 0 Å². The summed E-state index contributed by atoms with van der Waals surface area (Å²) in [6.07, 6.45) is -0.363. The first-order valence-corrected chi connectivity index (χ1v) is 6.01. The van der Waals surface area contributed by atoms with Gasteiger partial charge >= 0.3 is 12.1 Å². The molecule has 1 aliphatic heterocycles. The van der Waals surface area contributed by atoms with Crippen molar-refractivity contribution in [1.29, 1.82) is 0 Å². The van der Waals surface area contributed by atoms with Crippen molar-refractivity contribution in [2.24, 2.45) is 0 Å². The van der Waals surface area contributed by atoms with E-state index in [4.69, 9.17) is 9.47 Å². The predicted molar refractivity (Wildman–Crippen MR) is 62.8 cm³/mol. The van der Waals surface area contributed by atoms with Crippen molar-refractivity contribution >= 4 is 12.1 Å². The molecule has 0 saturated carbocycles. The number of amides is 1. The maximum absolute atomic E-state index is 13.8. The molecule has 102 valence electrons. The minimum atomic E-state index is -1.34. The highest BCUT2D eigenvalue weighted by molar-refractivity contribution is 5.83. The normalized spacial score (nSPS) is 21.8. The van der Waals surface area contributed by atoms with E-state index in [2.05, 4.69) is 0 Å². The third kappa shape index (κ3) is 4.01. The first kappa shape index (κ1) is 14.5. The molecule has 1 saturated heterocycles. The molecule has 1 aliphatic rings. The van der Waals surface area contributed by atoms with E-state index < -0.39 is 18.2 Å². The number of piperidine rings is 1. The molecule has 0 aliphatic carbocycles. The molecule has 1 atom stereocenters. The molecule has 0 spiro atoms. The lowest BCUT2D eigenvalue weighted by atomic mass is 10.0. The van der Waals surface area contributed by atoms with Crippen LogP contribution in [0.4, 0.5) is 9.18 Å². The minimum Gasteiger partial charge on any atom is -0.463 e. The number of nitrogens with zero attached hydrogens (tertiary/aromatic N) is 1. The lowest BCUT2D eigenvalue weighted by Gasteiger charge is -2.29. The highest BCUT2D eigenvalue weighted by Gasteiger charge is 2.28. The molecule has 0 aromatic rings. The maximum Gasteiger partial charge on any atom is 0.409 e. The molecule has 0 bridgehead atoms. The standard InChI is InChI=1S/C12H18FNO4/c1-3-17-11(15)7-9-5-6-14(8-10(9)13)12(16)18-4-2/h7,10H,3-6,8H2,1-2H3/b9-7+. The van der Waals surface area contributed by atoms with Gasteiger partial charge in [-0.15, -0.1) is 0 Å². The summed E-state index contributed by atoms with van der Waals surface area (Å²) in [5, 5.41) is 0. The molecule has 1 heterocycles. The molecule has 1 rings (SSSR count). The van der Waals surface area contributed by atoms with E-state index in [1.54, 1.807) is 13.8 Å². The van der Waals surface area contributed by atoms with Crippen LogP contribution in [0.5, 0.6) is 0 Å². The van der Waals surface area contributed by atoms with Gasteiger partial charge in [-0.05, 0) is 25.8 Å². The first-order valence-electron chi connectivity index (χ1n) is 6.01. The Kier molecular flexibility index (Phi) is 5.61. The van der Waals surface area contributed by atoms with Crippen LogP contribution in [0.25, 0.3) is 0 Å². The van der Waals surface area contributed by atoms with E-state index in [0.717, 1.165) is 0 Å². The van der Waals surface area contributed by atoms with E-state index in [0.29, 0.717) is 18.5 Å². The van der Waals surface area contributed by atoms with Gasteiger partial charge in [-0.25, -0.2) is 14.0 Å². The molecular weight excluding hydrogens is 241 g/mol. The number of halogens is 1. The predicted octanol–water partition coefficient (Wildman–Crippen LogP) is 1.68. The molecular formula is C12H18FNO4. The molecule has 0 aromatic heterocycles. The first-order chi connectivity index (χ1) is 8.58. The lowest BCUT2D eigenvalue weighted by molar-refractivity contribution is -0.137. The number of esters is 1. The number of carbonyl (C=O) groups excluding carboxylic acids is 2. The Morgan fingerprint density at radius 3 is 2.61 bits per heavy atom. The van der Waals surface area contributed by atoms with Crippen LogP contribution in [0, 0.1) is 0 Å². The van der Waals surface area contributed by atoms with Gasteiger partial charge in [0.05, 0.1) is 19.8 Å². The van der Waals surface area contributed by atoms with Gasteiger partial charge < -0.3 is 14.4 Å². The Morgan fingerprint density at radius 1 is 1.39 bits per heavy atom. The summed E-state index contributed by atoms with van der Waals surface area (Å²) in [6.45, 7) is 4.18. The third-order valence-electron chi connectivity index (χ3n) is 2.57. The molecule has 1 unspecified atom stereocenters. The highest BCUT2D eigenvalue weighted by atomic mass is 19.1. The van der Waals surface area contributed by atoms with Crippen molar-refractivity contribution in [2.75, 3.05) is 26.3 Å². The van der Waals surface area contributed by atoms with E-state index in [1.807, 2.05) is 0 Å². The number of hydrogen-bond acceptors (Lipinski definition) is 4.